The van der Waals surface area contributed by atoms with Gasteiger partial charge in [-0.3, -0.25) is 14.8 Å². The van der Waals surface area contributed by atoms with Crippen LogP contribution < -0.4 is 15.4 Å². The fraction of sp³-hybridized carbons (Fsp3) is 0.333. The molecule has 11 heteroatoms. The van der Waals surface area contributed by atoms with Crippen LogP contribution in [0.2, 0.25) is 0 Å². The van der Waals surface area contributed by atoms with E-state index in [2.05, 4.69) is 47.5 Å². The van der Waals surface area contributed by atoms with E-state index in [1.165, 1.54) is 37.2 Å². The summed E-state index contributed by atoms with van der Waals surface area (Å²) in [4.78, 5) is 23.7. The molecule has 2 aromatic heterocycles. The zero-order valence-electron chi connectivity index (χ0n) is 20.7. The zero-order valence-corrected chi connectivity index (χ0v) is 21.5. The Labute approximate surface area is 223 Å². The molecule has 2 bridgehead atoms. The van der Waals surface area contributed by atoms with E-state index in [4.69, 9.17) is 4.74 Å². The van der Waals surface area contributed by atoms with Crippen molar-refractivity contribution in [3.8, 4) is 5.75 Å². The second-order valence-corrected chi connectivity index (χ2v) is 10.9. The number of rotatable bonds is 10. The summed E-state index contributed by atoms with van der Waals surface area (Å²) in [6.45, 7) is 2.98. The number of amides is 1. The molecule has 2 aliphatic heterocycles. The molecule has 0 radical (unpaired) electrons. The summed E-state index contributed by atoms with van der Waals surface area (Å²) in [6, 6.07) is 14.1. The average Bonchev–Trinajstić information content (AvgIpc) is 3.65. The number of carbonyl (C=O) groups excluding carboxylic acids is 1. The summed E-state index contributed by atoms with van der Waals surface area (Å²) in [5, 5.41) is 14.6. The molecule has 38 heavy (non-hydrogen) atoms. The molecular weight excluding hydrogens is 505 g/mol. The Morgan fingerprint density at radius 1 is 1.21 bits per heavy atom. The molecule has 0 saturated carbocycles. The highest BCUT2D eigenvalue weighted by Crippen LogP contribution is 2.37. The number of hydrogen-bond donors (Lipinski definition) is 3. The summed E-state index contributed by atoms with van der Waals surface area (Å²) in [5.41, 5.74) is 1.77. The average molecular weight is 534 g/mol. The minimum Gasteiger partial charge on any atom is -0.493 e. The highest BCUT2D eigenvalue weighted by molar-refractivity contribution is 8.00. The molecule has 0 aliphatic carbocycles. The number of hydrogen-bond acceptors (Lipinski definition) is 8. The number of likely N-dealkylation sites (tertiary alicyclic amines) is 1. The Morgan fingerprint density at radius 3 is 3.00 bits per heavy atom. The lowest BCUT2D eigenvalue weighted by atomic mass is 10.2. The Balaban J connectivity index is 1.03. The fourth-order valence-electron chi connectivity index (χ4n) is 5.02. The number of benzene rings is 2. The van der Waals surface area contributed by atoms with E-state index in [1.807, 2.05) is 18.2 Å². The van der Waals surface area contributed by atoms with Gasteiger partial charge in [0.25, 0.3) is 0 Å². The summed E-state index contributed by atoms with van der Waals surface area (Å²) >= 11 is 2.12. The Hall–Kier alpha value is -3.70. The number of fused-ring (bicyclic) bond motifs is 3. The Bertz CT molecular complexity index is 1450. The van der Waals surface area contributed by atoms with Crippen molar-refractivity contribution in [1.82, 2.24) is 25.1 Å². The second kappa shape index (κ2) is 11.0. The molecule has 2 aliphatic rings. The lowest BCUT2D eigenvalue weighted by Gasteiger charge is -2.26. The largest absolute Gasteiger partial charge is 0.493 e. The normalized spacial score (nSPS) is 18.7. The van der Waals surface area contributed by atoms with Crippen molar-refractivity contribution in [3.63, 3.8) is 0 Å². The molecular formula is C27H28FN7O2S. The highest BCUT2D eigenvalue weighted by atomic mass is 32.2. The molecule has 2 fully saturated rings. The number of H-pyrrole nitrogens is 1. The van der Waals surface area contributed by atoms with E-state index in [0.717, 1.165) is 40.9 Å². The van der Waals surface area contributed by atoms with Gasteiger partial charge in [-0.2, -0.15) is 16.9 Å². The summed E-state index contributed by atoms with van der Waals surface area (Å²) in [6.07, 6.45) is 3.91. The number of ether oxygens (including phenoxy) is 1. The number of nitrogens with zero attached hydrogens (tertiary/aromatic N) is 4. The third-order valence-corrected chi connectivity index (χ3v) is 8.21. The maximum Gasteiger partial charge on any atom is 0.230 e. The van der Waals surface area contributed by atoms with Crippen molar-refractivity contribution < 1.29 is 13.9 Å². The van der Waals surface area contributed by atoms with Gasteiger partial charge in [0.05, 0.1) is 18.5 Å². The predicted molar refractivity (Wildman–Crippen MR) is 146 cm³/mol. The summed E-state index contributed by atoms with van der Waals surface area (Å²) in [5.74, 6) is 2.50. The maximum absolute atomic E-state index is 13.3. The number of nitrogens with one attached hydrogen (secondary N) is 3. The van der Waals surface area contributed by atoms with Crippen LogP contribution in [0.3, 0.4) is 0 Å². The number of anilines is 3. The molecule has 4 aromatic rings. The van der Waals surface area contributed by atoms with Gasteiger partial charge in [-0.15, -0.1) is 0 Å². The molecule has 0 spiro atoms. The first kappa shape index (κ1) is 24.6. The van der Waals surface area contributed by atoms with Crippen LogP contribution in [0, 0.1) is 5.82 Å². The number of carbonyl (C=O) groups is 1. The van der Waals surface area contributed by atoms with Gasteiger partial charge in [0.2, 0.25) is 5.91 Å². The van der Waals surface area contributed by atoms with Crippen molar-refractivity contribution in [2.24, 2.45) is 0 Å². The van der Waals surface area contributed by atoms with E-state index in [-0.39, 0.29) is 12.3 Å². The Kier molecular flexibility index (Phi) is 7.10. The third kappa shape index (κ3) is 5.73. The van der Waals surface area contributed by atoms with Gasteiger partial charge >= 0.3 is 0 Å². The molecule has 1 amide bonds. The maximum atomic E-state index is 13.3. The van der Waals surface area contributed by atoms with Gasteiger partial charge in [-0.1, -0.05) is 6.07 Å². The van der Waals surface area contributed by atoms with Gasteiger partial charge < -0.3 is 15.4 Å². The Morgan fingerprint density at radius 2 is 2.16 bits per heavy atom. The number of thioether (sulfide) groups is 1. The topological polar surface area (TPSA) is 108 Å². The first-order valence-corrected chi connectivity index (χ1v) is 13.7. The minimum atomic E-state index is -0.407. The second-order valence-electron chi connectivity index (χ2n) is 9.58. The van der Waals surface area contributed by atoms with Crippen molar-refractivity contribution in [1.29, 1.82) is 0 Å². The predicted octanol–water partition coefficient (Wildman–Crippen LogP) is 4.38. The van der Waals surface area contributed by atoms with Gasteiger partial charge in [0.15, 0.2) is 5.82 Å². The number of aromatic amines is 1. The van der Waals surface area contributed by atoms with E-state index >= 15 is 0 Å². The molecule has 4 heterocycles. The van der Waals surface area contributed by atoms with Crippen molar-refractivity contribution in [2.45, 2.75) is 30.6 Å². The molecule has 6 rings (SSSR count). The van der Waals surface area contributed by atoms with Gasteiger partial charge in [0.1, 0.15) is 23.7 Å². The number of halogens is 1. The SMILES string of the molecule is O=C(Cc1cc(Nc2ncnc3cc(OCCCN4CC5CC4CS5)ccc23)n[nH]1)Nc1cccc(F)c1. The highest BCUT2D eigenvalue weighted by Gasteiger charge is 2.37. The van der Waals surface area contributed by atoms with E-state index in [9.17, 15) is 9.18 Å². The van der Waals surface area contributed by atoms with Crippen LogP contribution in [0.15, 0.2) is 54.9 Å². The van der Waals surface area contributed by atoms with Crippen molar-refractivity contribution >= 4 is 45.9 Å². The first-order chi connectivity index (χ1) is 18.6. The number of aromatic nitrogens is 4. The molecule has 2 saturated heterocycles. The lowest BCUT2D eigenvalue weighted by Crippen LogP contribution is -2.35. The van der Waals surface area contributed by atoms with Crippen LogP contribution in [0.25, 0.3) is 10.9 Å². The molecule has 2 aromatic carbocycles. The molecule has 3 N–H and O–H groups in total. The van der Waals surface area contributed by atoms with Crippen LogP contribution in [0.4, 0.5) is 21.7 Å². The smallest absolute Gasteiger partial charge is 0.230 e. The molecule has 2 unspecified atom stereocenters. The standard InChI is InChI=1S/C27H28FN7O2S/c28-17-3-1-4-18(9-17)31-26(36)11-19-10-25(34-33-19)32-27-23-6-5-21(13-24(23)29-16-30-27)37-8-2-7-35-14-22-12-20(35)15-38-22/h1,3-6,9-10,13,16,20,22H,2,7-8,11-12,14-15H2,(H,31,36)(H2,29,30,32,33,34). The van der Waals surface area contributed by atoms with E-state index in [0.29, 0.717) is 29.6 Å². The van der Waals surface area contributed by atoms with Crippen LogP contribution in [-0.4, -0.2) is 67.7 Å². The van der Waals surface area contributed by atoms with Crippen molar-refractivity contribution in [2.75, 3.05) is 36.1 Å². The van der Waals surface area contributed by atoms with E-state index in [1.54, 1.807) is 18.2 Å². The van der Waals surface area contributed by atoms with Gasteiger partial charge in [-0.05, 0) is 43.2 Å². The minimum absolute atomic E-state index is 0.0639. The van der Waals surface area contributed by atoms with Gasteiger partial charge in [0, 0.05) is 59.0 Å². The first-order valence-electron chi connectivity index (χ1n) is 12.7. The molecule has 196 valence electrons. The molecule has 2 atom stereocenters. The lowest BCUT2D eigenvalue weighted by molar-refractivity contribution is -0.115. The van der Waals surface area contributed by atoms with Crippen LogP contribution in [0.1, 0.15) is 18.5 Å². The quantitative estimate of drug-likeness (QED) is 0.258. The van der Waals surface area contributed by atoms with E-state index < -0.39 is 5.82 Å². The van der Waals surface area contributed by atoms with Crippen LogP contribution in [0.5, 0.6) is 5.75 Å². The third-order valence-electron chi connectivity index (χ3n) is 6.82. The van der Waals surface area contributed by atoms with Crippen LogP contribution in [-0.2, 0) is 11.2 Å². The van der Waals surface area contributed by atoms with Gasteiger partial charge in [-0.25, -0.2) is 14.4 Å². The zero-order chi connectivity index (χ0) is 25.9. The monoisotopic (exact) mass is 533 g/mol. The summed E-state index contributed by atoms with van der Waals surface area (Å²) < 4.78 is 19.4. The molecule has 9 nitrogen and oxygen atoms in total. The fourth-order valence-corrected chi connectivity index (χ4v) is 6.52. The summed E-state index contributed by atoms with van der Waals surface area (Å²) in [7, 11) is 0. The van der Waals surface area contributed by atoms with Crippen LogP contribution >= 0.6 is 11.8 Å². The van der Waals surface area contributed by atoms with Crippen molar-refractivity contribution in [3.05, 3.63) is 66.4 Å².